The van der Waals surface area contributed by atoms with Crippen LogP contribution in [-0.4, -0.2) is 42.6 Å². The second-order valence-electron chi connectivity index (χ2n) is 7.77. The minimum atomic E-state index is -1.50. The number of hydrogen-bond acceptors (Lipinski definition) is 9. The molecule has 11 nitrogen and oxygen atoms in total. The maximum Gasteiger partial charge on any atom is 0.329 e. The molecule has 1 aliphatic rings. The van der Waals surface area contributed by atoms with E-state index in [0.717, 1.165) is 5.56 Å². The molecule has 0 saturated heterocycles. The summed E-state index contributed by atoms with van der Waals surface area (Å²) in [7, 11) is 1.72. The number of pyridine rings is 1. The van der Waals surface area contributed by atoms with Crippen LogP contribution in [0, 0.1) is 0 Å². The molecular weight excluding hydrogens is 450 g/mol. The monoisotopic (exact) mass is 471 g/mol. The fraction of sp³-hybridized carbons (Fsp3) is 0.167. The zero-order valence-electron chi connectivity index (χ0n) is 19.0. The first-order valence-electron chi connectivity index (χ1n) is 10.7. The number of para-hydroxylation sites is 2. The van der Waals surface area contributed by atoms with Gasteiger partial charge in [0.15, 0.2) is 23.8 Å². The van der Waals surface area contributed by atoms with E-state index >= 15 is 0 Å². The summed E-state index contributed by atoms with van der Waals surface area (Å²) in [5.41, 5.74) is 1.83. The van der Waals surface area contributed by atoms with Crippen molar-refractivity contribution >= 4 is 17.4 Å². The van der Waals surface area contributed by atoms with Crippen LogP contribution in [-0.2, 0) is 23.3 Å². The number of nitrogens with zero attached hydrogens (tertiary/aromatic N) is 6. The average Bonchev–Trinajstić information content (AvgIpc) is 3.45. The highest BCUT2D eigenvalue weighted by molar-refractivity contribution is 6.10. The third-order valence-corrected chi connectivity index (χ3v) is 5.17. The number of tetrazole rings is 1. The molecule has 2 aromatic carbocycles. The lowest BCUT2D eigenvalue weighted by Gasteiger charge is -2.21. The summed E-state index contributed by atoms with van der Waals surface area (Å²) in [5, 5.41) is 18.6. The number of carbonyl (C=O) groups excluding carboxylic acids is 1. The molecule has 1 N–H and O–H groups in total. The Balaban J connectivity index is 1.28. The molecule has 11 heteroatoms. The maximum atomic E-state index is 12.9. The predicted molar refractivity (Wildman–Crippen MR) is 125 cm³/mol. The molecule has 0 saturated carbocycles. The predicted octanol–water partition coefficient (Wildman–Crippen LogP) is 2.70. The number of anilines is 1. The number of nitrogens with one attached hydrogen (secondary N) is 1. The maximum absolute atomic E-state index is 12.9. The number of oxime groups is 1. The van der Waals surface area contributed by atoms with Gasteiger partial charge in [0, 0.05) is 19.5 Å². The molecule has 3 heterocycles. The summed E-state index contributed by atoms with van der Waals surface area (Å²) in [6.07, 6.45) is 0. The molecule has 0 unspecified atom stereocenters. The van der Waals surface area contributed by atoms with E-state index in [2.05, 4.69) is 31.0 Å². The molecular formula is C24H21N7O4. The van der Waals surface area contributed by atoms with E-state index in [1.807, 2.05) is 42.5 Å². The van der Waals surface area contributed by atoms with Crippen molar-refractivity contribution < 1.29 is 19.1 Å². The molecule has 0 bridgehead atoms. The first-order valence-corrected chi connectivity index (χ1v) is 10.7. The average molecular weight is 471 g/mol. The zero-order valence-corrected chi connectivity index (χ0v) is 19.0. The highest BCUT2D eigenvalue weighted by Crippen LogP contribution is 2.39. The van der Waals surface area contributed by atoms with E-state index in [-0.39, 0.29) is 6.61 Å². The minimum absolute atomic E-state index is 0.0566. The quantitative estimate of drug-likeness (QED) is 0.322. The van der Waals surface area contributed by atoms with Crippen molar-refractivity contribution in [3.63, 3.8) is 0 Å². The topological polar surface area (TPSA) is 126 Å². The molecule has 2 aromatic heterocycles. The number of hydrogen-bond donors (Lipinski definition) is 1. The summed E-state index contributed by atoms with van der Waals surface area (Å²) in [6, 6.07) is 21.7. The summed E-state index contributed by atoms with van der Waals surface area (Å²) in [6.45, 7) is 1.61. The van der Waals surface area contributed by atoms with Crippen LogP contribution in [0.3, 0.4) is 0 Å². The van der Waals surface area contributed by atoms with Crippen LogP contribution in [0.5, 0.6) is 11.5 Å². The number of aryl methyl sites for hydroxylation is 1. The Morgan fingerprint density at radius 1 is 1.03 bits per heavy atom. The molecule has 176 valence electrons. The van der Waals surface area contributed by atoms with E-state index in [0.29, 0.717) is 34.5 Å². The third-order valence-electron chi connectivity index (χ3n) is 5.17. The Bertz CT molecular complexity index is 1360. The van der Waals surface area contributed by atoms with Crippen molar-refractivity contribution in [2.45, 2.75) is 19.3 Å². The van der Waals surface area contributed by atoms with Gasteiger partial charge in [-0.05, 0) is 34.7 Å². The van der Waals surface area contributed by atoms with Gasteiger partial charge in [-0.2, -0.15) is 0 Å². The van der Waals surface area contributed by atoms with E-state index in [1.165, 1.54) is 4.68 Å². The SMILES string of the molecule is Cn1nnnc1/C(=N\OCc1cccc(NC(=O)C2(C)Oc3ccccc3O2)n1)c1ccccc1. The summed E-state index contributed by atoms with van der Waals surface area (Å²) in [4.78, 5) is 22.9. The smallest absolute Gasteiger partial charge is 0.329 e. The fourth-order valence-electron chi connectivity index (χ4n) is 3.42. The van der Waals surface area contributed by atoms with Gasteiger partial charge in [-0.25, -0.2) is 9.67 Å². The Hall–Kier alpha value is -4.80. The number of aromatic nitrogens is 5. The van der Waals surface area contributed by atoms with E-state index in [1.54, 1.807) is 44.3 Å². The van der Waals surface area contributed by atoms with Gasteiger partial charge in [0.05, 0.1) is 5.69 Å². The van der Waals surface area contributed by atoms with E-state index in [9.17, 15) is 4.79 Å². The lowest BCUT2D eigenvalue weighted by Crippen LogP contribution is -2.47. The molecule has 0 radical (unpaired) electrons. The van der Waals surface area contributed by atoms with Gasteiger partial charge >= 0.3 is 11.7 Å². The lowest BCUT2D eigenvalue weighted by atomic mass is 10.1. The molecule has 0 fully saturated rings. The van der Waals surface area contributed by atoms with Crippen LogP contribution in [0.25, 0.3) is 0 Å². The van der Waals surface area contributed by atoms with E-state index in [4.69, 9.17) is 14.3 Å². The number of benzene rings is 2. The molecule has 0 spiro atoms. The largest absolute Gasteiger partial charge is 0.440 e. The molecule has 35 heavy (non-hydrogen) atoms. The standard InChI is InChI=1S/C24H21N7O4/c1-24(34-18-12-6-7-13-19(18)35-24)23(32)26-20-14-8-11-17(25-20)15-33-28-21(16-9-4-3-5-10-16)22-27-29-30-31(22)2/h3-14H,15H2,1-2H3,(H,25,26,32)/b28-21-. The number of ether oxygens (including phenoxy) is 2. The second kappa shape index (κ2) is 9.21. The van der Waals surface area contributed by atoms with Crippen molar-refractivity contribution in [1.82, 2.24) is 25.2 Å². The first kappa shape index (κ1) is 22.0. The molecule has 5 rings (SSSR count). The van der Waals surface area contributed by atoms with Gasteiger partial charge in [0.1, 0.15) is 5.82 Å². The van der Waals surface area contributed by atoms with Gasteiger partial charge in [-0.15, -0.1) is 5.10 Å². The number of amides is 1. The van der Waals surface area contributed by atoms with Gasteiger partial charge in [0.25, 0.3) is 0 Å². The van der Waals surface area contributed by atoms with Gasteiger partial charge < -0.3 is 19.6 Å². The highest BCUT2D eigenvalue weighted by Gasteiger charge is 2.44. The Kier molecular flexibility index (Phi) is 5.80. The second-order valence-corrected chi connectivity index (χ2v) is 7.77. The summed E-state index contributed by atoms with van der Waals surface area (Å²) in [5.74, 6) is -0.202. The first-order chi connectivity index (χ1) is 17.0. The molecule has 1 aliphatic heterocycles. The minimum Gasteiger partial charge on any atom is -0.440 e. The number of rotatable bonds is 7. The molecule has 4 aromatic rings. The third kappa shape index (κ3) is 4.64. The Morgan fingerprint density at radius 3 is 2.43 bits per heavy atom. The van der Waals surface area contributed by atoms with Crippen molar-refractivity contribution in [2.24, 2.45) is 12.2 Å². The van der Waals surface area contributed by atoms with Crippen LogP contribution in [0.15, 0.2) is 78.0 Å². The lowest BCUT2D eigenvalue weighted by molar-refractivity contribution is -0.148. The summed E-state index contributed by atoms with van der Waals surface area (Å²) >= 11 is 0. The normalized spacial score (nSPS) is 13.9. The van der Waals surface area contributed by atoms with Gasteiger partial charge in [0.2, 0.25) is 5.82 Å². The van der Waals surface area contributed by atoms with E-state index < -0.39 is 11.7 Å². The van der Waals surface area contributed by atoms with Crippen molar-refractivity contribution in [1.29, 1.82) is 0 Å². The van der Waals surface area contributed by atoms with Crippen LogP contribution in [0.2, 0.25) is 0 Å². The fourth-order valence-corrected chi connectivity index (χ4v) is 3.42. The van der Waals surface area contributed by atoms with Crippen LogP contribution in [0.1, 0.15) is 24.0 Å². The molecule has 1 amide bonds. The number of fused-ring (bicyclic) bond motifs is 1. The molecule has 0 atom stereocenters. The number of carbonyl (C=O) groups is 1. The van der Waals surface area contributed by atoms with Gasteiger partial charge in [-0.3, -0.25) is 4.79 Å². The van der Waals surface area contributed by atoms with Crippen molar-refractivity contribution in [2.75, 3.05) is 5.32 Å². The van der Waals surface area contributed by atoms with Crippen LogP contribution in [0.4, 0.5) is 5.82 Å². The van der Waals surface area contributed by atoms with Crippen LogP contribution >= 0.6 is 0 Å². The Labute approximate surface area is 200 Å². The van der Waals surface area contributed by atoms with Gasteiger partial charge in [-0.1, -0.05) is 53.7 Å². The van der Waals surface area contributed by atoms with Crippen molar-refractivity contribution in [3.05, 3.63) is 89.9 Å². The summed E-state index contributed by atoms with van der Waals surface area (Å²) < 4.78 is 12.9. The zero-order chi connectivity index (χ0) is 24.3. The van der Waals surface area contributed by atoms with Crippen LogP contribution < -0.4 is 14.8 Å². The highest BCUT2D eigenvalue weighted by atomic mass is 16.7. The Morgan fingerprint density at radius 2 is 1.74 bits per heavy atom. The van der Waals surface area contributed by atoms with Crippen molar-refractivity contribution in [3.8, 4) is 11.5 Å². The molecule has 0 aliphatic carbocycles.